The van der Waals surface area contributed by atoms with E-state index in [0.717, 1.165) is 11.3 Å². The highest BCUT2D eigenvalue weighted by atomic mass is 35.5. The van der Waals surface area contributed by atoms with Crippen molar-refractivity contribution in [3.63, 3.8) is 0 Å². The molecule has 0 aliphatic rings. The van der Waals surface area contributed by atoms with Gasteiger partial charge in [0, 0.05) is 17.5 Å². The van der Waals surface area contributed by atoms with Crippen molar-refractivity contribution in [3.05, 3.63) is 53.3 Å². The molecule has 0 N–H and O–H groups in total. The molecule has 0 radical (unpaired) electrons. The molecule has 8 heteroatoms. The third-order valence-electron chi connectivity index (χ3n) is 3.32. The summed E-state index contributed by atoms with van der Waals surface area (Å²) in [4.78, 5) is 26.6. The van der Waals surface area contributed by atoms with Crippen molar-refractivity contribution in [2.24, 2.45) is 0 Å². The lowest BCUT2D eigenvalue weighted by Gasteiger charge is -2.02. The van der Waals surface area contributed by atoms with Gasteiger partial charge >= 0.3 is 11.9 Å². The minimum absolute atomic E-state index is 0.0408. The number of benzene rings is 1. The fraction of sp³-hybridized carbons (Fsp3) is 0.176. The van der Waals surface area contributed by atoms with Gasteiger partial charge in [-0.1, -0.05) is 23.7 Å². The number of nitrogens with zero attached hydrogens (tertiary/aromatic N) is 3. The number of hydrogen-bond acceptors (Lipinski definition) is 6. The zero-order valence-electron chi connectivity index (χ0n) is 13.3. The van der Waals surface area contributed by atoms with Gasteiger partial charge in [0.25, 0.3) is 0 Å². The SMILES string of the molecule is CC(=O)OCOC(=O)Cc1cn2nc(-c3ccc(Cl)cc3)ccc2n1. The smallest absolute Gasteiger partial charge is 0.314 e. The molecule has 2 aromatic heterocycles. The van der Waals surface area contributed by atoms with E-state index in [4.69, 9.17) is 16.3 Å². The topological polar surface area (TPSA) is 82.8 Å². The van der Waals surface area contributed by atoms with Crippen molar-refractivity contribution < 1.29 is 19.1 Å². The molecule has 7 nitrogen and oxygen atoms in total. The Balaban J connectivity index is 1.73. The molecular formula is C17H14ClN3O4. The first-order chi connectivity index (χ1) is 12.0. The number of aromatic nitrogens is 3. The second kappa shape index (κ2) is 7.31. The van der Waals surface area contributed by atoms with E-state index in [1.807, 2.05) is 24.3 Å². The van der Waals surface area contributed by atoms with Crippen LogP contribution in [0, 0.1) is 0 Å². The lowest BCUT2D eigenvalue weighted by Crippen LogP contribution is -2.12. The normalized spacial score (nSPS) is 10.6. The Morgan fingerprint density at radius 3 is 2.60 bits per heavy atom. The van der Waals surface area contributed by atoms with Gasteiger partial charge in [-0.15, -0.1) is 0 Å². The highest BCUT2D eigenvalue weighted by Crippen LogP contribution is 2.20. The summed E-state index contributed by atoms with van der Waals surface area (Å²) in [7, 11) is 0. The van der Waals surface area contributed by atoms with Gasteiger partial charge in [0.2, 0.25) is 6.79 Å². The van der Waals surface area contributed by atoms with Gasteiger partial charge in [-0.2, -0.15) is 5.10 Å². The van der Waals surface area contributed by atoms with Crippen molar-refractivity contribution in [3.8, 4) is 11.3 Å². The third kappa shape index (κ3) is 4.33. The van der Waals surface area contributed by atoms with Gasteiger partial charge in [0.15, 0.2) is 5.65 Å². The molecule has 1 aromatic carbocycles. The zero-order chi connectivity index (χ0) is 17.8. The van der Waals surface area contributed by atoms with Crippen molar-refractivity contribution >= 4 is 29.2 Å². The summed E-state index contributed by atoms with van der Waals surface area (Å²) in [6.07, 6.45) is 1.61. The third-order valence-corrected chi connectivity index (χ3v) is 3.57. The lowest BCUT2D eigenvalue weighted by atomic mass is 10.1. The van der Waals surface area contributed by atoms with Crippen LogP contribution < -0.4 is 0 Å². The molecule has 0 saturated carbocycles. The van der Waals surface area contributed by atoms with Crippen molar-refractivity contribution in [2.75, 3.05) is 6.79 Å². The molecule has 0 atom stereocenters. The van der Waals surface area contributed by atoms with E-state index in [2.05, 4.69) is 14.8 Å². The monoisotopic (exact) mass is 359 g/mol. The second-order valence-corrected chi connectivity index (χ2v) is 5.64. The fourth-order valence-electron chi connectivity index (χ4n) is 2.17. The minimum atomic E-state index is -0.539. The number of esters is 2. The first-order valence-corrected chi connectivity index (χ1v) is 7.79. The number of rotatable bonds is 5. The second-order valence-electron chi connectivity index (χ2n) is 5.21. The Bertz CT molecular complexity index is 921. The molecule has 3 rings (SSSR count). The molecule has 0 unspecified atom stereocenters. The summed E-state index contributed by atoms with van der Waals surface area (Å²) in [6.45, 7) is 0.834. The minimum Gasteiger partial charge on any atom is -0.428 e. The van der Waals surface area contributed by atoms with E-state index in [9.17, 15) is 9.59 Å². The van der Waals surface area contributed by atoms with E-state index in [0.29, 0.717) is 16.4 Å². The van der Waals surface area contributed by atoms with Gasteiger partial charge < -0.3 is 9.47 Å². The summed E-state index contributed by atoms with van der Waals surface area (Å²) in [5, 5.41) is 5.13. The van der Waals surface area contributed by atoms with Crippen LogP contribution in [0.5, 0.6) is 0 Å². The van der Waals surface area contributed by atoms with Crippen LogP contribution in [-0.2, 0) is 25.5 Å². The number of ether oxygens (including phenoxy) is 2. The molecule has 0 saturated heterocycles. The van der Waals surface area contributed by atoms with Crippen LogP contribution in [-0.4, -0.2) is 33.3 Å². The number of halogens is 1. The predicted molar refractivity (Wildman–Crippen MR) is 89.9 cm³/mol. The summed E-state index contributed by atoms with van der Waals surface area (Å²) < 4.78 is 10.9. The highest BCUT2D eigenvalue weighted by Gasteiger charge is 2.11. The molecule has 25 heavy (non-hydrogen) atoms. The zero-order valence-corrected chi connectivity index (χ0v) is 14.1. The van der Waals surface area contributed by atoms with Crippen molar-refractivity contribution in [2.45, 2.75) is 13.3 Å². The Morgan fingerprint density at radius 2 is 1.88 bits per heavy atom. The number of carbonyl (C=O) groups is 2. The molecule has 128 valence electrons. The average molecular weight is 360 g/mol. The fourth-order valence-corrected chi connectivity index (χ4v) is 2.29. The number of imidazole rings is 1. The molecular weight excluding hydrogens is 346 g/mol. The average Bonchev–Trinajstić information content (AvgIpc) is 2.96. The Labute approximate surface area is 148 Å². The maximum absolute atomic E-state index is 11.7. The van der Waals surface area contributed by atoms with Crippen molar-refractivity contribution in [1.82, 2.24) is 14.6 Å². The first kappa shape index (κ1) is 16.9. The molecule has 0 bridgehead atoms. The number of carbonyl (C=O) groups excluding carboxylic acids is 2. The molecule has 3 aromatic rings. The number of fused-ring (bicyclic) bond motifs is 1. The van der Waals surface area contributed by atoms with Crippen LogP contribution >= 0.6 is 11.6 Å². The predicted octanol–water partition coefficient (Wildman–Crippen LogP) is 2.66. The quantitative estimate of drug-likeness (QED) is 0.514. The van der Waals surface area contributed by atoms with E-state index in [1.165, 1.54) is 6.92 Å². The Kier molecular flexibility index (Phi) is 4.95. The molecule has 2 heterocycles. The highest BCUT2D eigenvalue weighted by molar-refractivity contribution is 6.30. The van der Waals surface area contributed by atoms with Crippen molar-refractivity contribution in [1.29, 1.82) is 0 Å². The maximum Gasteiger partial charge on any atom is 0.314 e. The summed E-state index contributed by atoms with van der Waals surface area (Å²) in [5.74, 6) is -1.05. The summed E-state index contributed by atoms with van der Waals surface area (Å²) >= 11 is 5.89. The summed E-state index contributed by atoms with van der Waals surface area (Å²) in [6, 6.07) is 11.0. The largest absolute Gasteiger partial charge is 0.428 e. The Hall–Kier alpha value is -2.93. The van der Waals surface area contributed by atoms with Gasteiger partial charge in [-0.25, -0.2) is 9.50 Å². The van der Waals surface area contributed by atoms with Crippen LogP contribution in [0.1, 0.15) is 12.6 Å². The Morgan fingerprint density at radius 1 is 1.12 bits per heavy atom. The summed E-state index contributed by atoms with van der Waals surface area (Å²) in [5.41, 5.74) is 2.79. The van der Waals surface area contributed by atoms with Gasteiger partial charge in [-0.05, 0) is 24.3 Å². The molecule has 0 amide bonds. The van der Waals surface area contributed by atoms with Crippen LogP contribution in [0.15, 0.2) is 42.6 Å². The molecule has 0 spiro atoms. The first-order valence-electron chi connectivity index (χ1n) is 7.41. The molecule has 0 fully saturated rings. The standard InChI is InChI=1S/C17H14ClN3O4/c1-11(22)24-10-25-17(23)8-14-9-21-16(19-14)7-6-15(20-21)12-2-4-13(18)5-3-12/h2-7,9H,8,10H2,1H3. The van der Waals surface area contributed by atoms with Gasteiger partial charge in [0.1, 0.15) is 0 Å². The number of hydrogen-bond donors (Lipinski definition) is 0. The van der Waals surface area contributed by atoms with E-state index in [1.54, 1.807) is 22.8 Å². The van der Waals surface area contributed by atoms with Gasteiger partial charge in [-0.3, -0.25) is 9.59 Å². The van der Waals surface area contributed by atoms with E-state index >= 15 is 0 Å². The van der Waals surface area contributed by atoms with Crippen LogP contribution in [0.25, 0.3) is 16.9 Å². The van der Waals surface area contributed by atoms with E-state index in [-0.39, 0.29) is 6.42 Å². The lowest BCUT2D eigenvalue weighted by molar-refractivity contribution is -0.165. The molecule has 0 aliphatic carbocycles. The van der Waals surface area contributed by atoms with Crippen LogP contribution in [0.2, 0.25) is 5.02 Å². The van der Waals surface area contributed by atoms with Crippen LogP contribution in [0.4, 0.5) is 0 Å². The molecule has 0 aliphatic heterocycles. The maximum atomic E-state index is 11.7. The van der Waals surface area contributed by atoms with E-state index < -0.39 is 18.7 Å². The van der Waals surface area contributed by atoms with Crippen LogP contribution in [0.3, 0.4) is 0 Å². The van der Waals surface area contributed by atoms with Gasteiger partial charge in [0.05, 0.1) is 24.0 Å².